The van der Waals surface area contributed by atoms with Crippen molar-refractivity contribution in [1.29, 1.82) is 0 Å². The van der Waals surface area contributed by atoms with Gasteiger partial charge in [0.25, 0.3) is 0 Å². The molecule has 0 amide bonds. The number of rotatable bonds is 2. The summed E-state index contributed by atoms with van der Waals surface area (Å²) in [4.78, 5) is 0. The molecule has 0 unspecified atom stereocenters. The van der Waals surface area contributed by atoms with E-state index < -0.39 is 0 Å². The molecule has 6 rings (SSSR count). The van der Waals surface area contributed by atoms with Gasteiger partial charge in [-0.05, 0) is 48.8 Å². The largest absolute Gasteiger partial charge is 1.00 e. The van der Waals surface area contributed by atoms with Gasteiger partial charge in [-0.2, -0.15) is 23.8 Å². The van der Waals surface area contributed by atoms with E-state index in [2.05, 4.69) is 64.1 Å². The molecule has 2 aromatic carbocycles. The van der Waals surface area contributed by atoms with E-state index in [0.29, 0.717) is 0 Å². The molecule has 38 heavy (non-hydrogen) atoms. The summed E-state index contributed by atoms with van der Waals surface area (Å²) in [6.07, 6.45) is 25.1. The van der Waals surface area contributed by atoms with Crippen LogP contribution in [0.5, 0.6) is 0 Å². The van der Waals surface area contributed by atoms with Crippen LogP contribution >= 0.6 is 0 Å². The summed E-state index contributed by atoms with van der Waals surface area (Å²) in [6.45, 7) is 8.89. The predicted octanol–water partition coefficient (Wildman–Crippen LogP) is 3.83. The first-order chi connectivity index (χ1) is 17.4. The third-order valence-electron chi connectivity index (χ3n) is 8.22. The third kappa shape index (κ3) is 8.88. The van der Waals surface area contributed by atoms with E-state index in [1.54, 1.807) is 40.9 Å². The minimum Gasteiger partial charge on any atom is -1.00 e. The van der Waals surface area contributed by atoms with E-state index in [9.17, 15) is 0 Å². The Morgan fingerprint density at radius 2 is 1.34 bits per heavy atom. The molecule has 0 aliphatic heterocycles. The van der Waals surface area contributed by atoms with Gasteiger partial charge in [0.1, 0.15) is 0 Å². The van der Waals surface area contributed by atoms with Gasteiger partial charge in [0.15, 0.2) is 0 Å². The van der Waals surface area contributed by atoms with Crippen LogP contribution in [0.25, 0.3) is 11.1 Å². The summed E-state index contributed by atoms with van der Waals surface area (Å²) in [6, 6.07) is 11.5. The SMILES string of the molecule is C[C](C)=[Zr+2].Cc1[c-]c2c(cc1C1CCCCC1)-c1cc(C3CCCCC3)c(C)cc1C2.[C-]1=CC=CC1.[Cl-].[Cl-]. The van der Waals surface area contributed by atoms with Crippen LogP contribution < -0.4 is 24.8 Å². The molecule has 3 heteroatoms. The zero-order valence-electron chi connectivity index (χ0n) is 23.9. The van der Waals surface area contributed by atoms with Crippen molar-refractivity contribution in [1.82, 2.24) is 0 Å². The van der Waals surface area contributed by atoms with E-state index in [-0.39, 0.29) is 24.8 Å². The zero-order valence-corrected chi connectivity index (χ0v) is 27.8. The predicted molar refractivity (Wildman–Crippen MR) is 153 cm³/mol. The van der Waals surface area contributed by atoms with Crippen molar-refractivity contribution < 1.29 is 49.0 Å². The fraction of sp³-hybridized carbons (Fsp3) is 0.514. The molecule has 0 saturated heterocycles. The zero-order chi connectivity index (χ0) is 25.5. The maximum absolute atomic E-state index is 3.82. The van der Waals surface area contributed by atoms with Crippen molar-refractivity contribution in [3.63, 3.8) is 0 Å². The summed E-state index contributed by atoms with van der Waals surface area (Å²) >= 11 is 1.55. The van der Waals surface area contributed by atoms with E-state index >= 15 is 0 Å². The summed E-state index contributed by atoms with van der Waals surface area (Å²) < 4.78 is 1.51. The van der Waals surface area contributed by atoms with E-state index in [1.807, 2.05) is 12.2 Å². The first kappa shape index (κ1) is 33.5. The number of hydrogen-bond acceptors (Lipinski definition) is 0. The third-order valence-corrected chi connectivity index (χ3v) is 8.22. The first-order valence-corrected chi connectivity index (χ1v) is 15.6. The summed E-state index contributed by atoms with van der Waals surface area (Å²) in [7, 11) is 0. The molecule has 0 nitrogen and oxygen atoms in total. The second kappa shape index (κ2) is 16.5. The molecule has 2 saturated carbocycles. The molecule has 4 aliphatic carbocycles. The van der Waals surface area contributed by atoms with Crippen molar-refractivity contribution >= 4 is 3.21 Å². The van der Waals surface area contributed by atoms with Gasteiger partial charge in [-0.15, -0.1) is 23.1 Å². The summed E-state index contributed by atoms with van der Waals surface area (Å²) in [5, 5.41) is 0. The van der Waals surface area contributed by atoms with Crippen LogP contribution in [0.4, 0.5) is 0 Å². The van der Waals surface area contributed by atoms with Crippen LogP contribution in [0, 0.1) is 26.0 Å². The number of aryl methyl sites for hydroxylation is 2. The molecule has 0 heterocycles. The molecule has 2 aromatic rings. The average Bonchev–Trinajstić information content (AvgIpc) is 3.55. The van der Waals surface area contributed by atoms with Crippen LogP contribution in [0.3, 0.4) is 0 Å². The van der Waals surface area contributed by atoms with Gasteiger partial charge in [0.05, 0.1) is 0 Å². The molecule has 0 bridgehead atoms. The van der Waals surface area contributed by atoms with E-state index in [0.717, 1.165) is 24.7 Å². The molecule has 0 atom stereocenters. The molecule has 0 radical (unpaired) electrons. The average molecular weight is 627 g/mol. The number of fused-ring (bicyclic) bond motifs is 3. The first-order valence-electron chi connectivity index (χ1n) is 14.4. The van der Waals surface area contributed by atoms with Gasteiger partial charge in [-0.3, -0.25) is 6.08 Å². The van der Waals surface area contributed by atoms with Gasteiger partial charge in [0, 0.05) is 0 Å². The van der Waals surface area contributed by atoms with Crippen molar-refractivity contribution in [3.8, 4) is 11.1 Å². The smallest absolute Gasteiger partial charge is 0.0160 e. The van der Waals surface area contributed by atoms with Crippen LogP contribution in [0.2, 0.25) is 0 Å². The maximum Gasteiger partial charge on any atom is -0.0160 e. The molecular weight excluding hydrogens is 583 g/mol. The van der Waals surface area contributed by atoms with Gasteiger partial charge < -0.3 is 24.8 Å². The Bertz CT molecular complexity index is 1030. The van der Waals surface area contributed by atoms with Crippen molar-refractivity contribution in [2.24, 2.45) is 0 Å². The summed E-state index contributed by atoms with van der Waals surface area (Å²) in [5.74, 6) is 1.56. The second-order valence-corrected chi connectivity index (χ2v) is 13.9. The van der Waals surface area contributed by atoms with E-state index in [1.165, 1.54) is 95.2 Å². The fourth-order valence-corrected chi connectivity index (χ4v) is 6.50. The molecule has 0 N–H and O–H groups in total. The van der Waals surface area contributed by atoms with Crippen molar-refractivity contribution in [2.75, 3.05) is 0 Å². The minimum atomic E-state index is 0. The van der Waals surface area contributed by atoms with Crippen molar-refractivity contribution in [3.05, 3.63) is 82.0 Å². The quantitative estimate of drug-likeness (QED) is 0.380. The monoisotopic (exact) mass is 624 g/mol. The Morgan fingerprint density at radius 3 is 1.84 bits per heavy atom. The van der Waals surface area contributed by atoms with E-state index in [4.69, 9.17) is 0 Å². The Balaban J connectivity index is 0.000000398. The van der Waals surface area contributed by atoms with Gasteiger partial charge >= 0.3 is 41.3 Å². The van der Waals surface area contributed by atoms with Crippen molar-refractivity contribution in [2.45, 2.75) is 117 Å². The number of hydrogen-bond donors (Lipinski definition) is 0. The van der Waals surface area contributed by atoms with Gasteiger partial charge in [0.2, 0.25) is 0 Å². The minimum absolute atomic E-state index is 0. The molecule has 0 spiro atoms. The normalized spacial score (nSPS) is 17.6. The van der Waals surface area contributed by atoms with Crippen LogP contribution in [0.15, 0.2) is 36.4 Å². The maximum atomic E-state index is 3.82. The number of halogens is 2. The molecule has 2 fully saturated rings. The fourth-order valence-electron chi connectivity index (χ4n) is 6.50. The Hall–Kier alpha value is -0.747. The topological polar surface area (TPSA) is 0 Å². The molecule has 0 aromatic heterocycles. The van der Waals surface area contributed by atoms with Crippen LogP contribution in [-0.4, -0.2) is 3.21 Å². The van der Waals surface area contributed by atoms with Gasteiger partial charge in [-0.25, -0.2) is 12.2 Å². The summed E-state index contributed by atoms with van der Waals surface area (Å²) in [5.41, 5.74) is 12.2. The molecule has 4 aliphatic rings. The Kier molecular flexibility index (Phi) is 14.5. The van der Waals surface area contributed by atoms with Gasteiger partial charge in [-0.1, -0.05) is 81.9 Å². The number of allylic oxidation sites excluding steroid dienone is 4. The number of benzene rings is 2. The molecular formula is C35H44Cl2Zr-2. The van der Waals surface area contributed by atoms with Crippen LogP contribution in [0.1, 0.15) is 130 Å². The Labute approximate surface area is 260 Å². The standard InChI is InChI=1S/C27H33.C5H5.C3H6.2ClH.Zr/c1-18-13-22-15-23-14-19(2)25(21-11-7-4-8-12-21)17-27(23)26(22)16-24(18)20-9-5-3-6-10-20;1-2-4-5-3-1;1-3-2;;;/h13,16-17,20-21H,3-12,15H2,1-2H3;1-3H,4H2;1-2H3;2*1H;/q2*-1;;;;+2/p-2. The second-order valence-electron chi connectivity index (χ2n) is 11.5. The van der Waals surface area contributed by atoms with Crippen LogP contribution in [-0.2, 0) is 30.7 Å². The molecule has 204 valence electrons. The Morgan fingerprint density at radius 1 is 0.789 bits per heavy atom.